The molecule has 2 aromatic carbocycles. The summed E-state index contributed by atoms with van der Waals surface area (Å²) in [7, 11) is 0. The van der Waals surface area contributed by atoms with Gasteiger partial charge in [-0.05, 0) is 37.3 Å². The molecule has 4 aromatic rings. The molecule has 0 spiro atoms. The summed E-state index contributed by atoms with van der Waals surface area (Å²) in [5, 5.41) is 7.53. The lowest BCUT2D eigenvalue weighted by molar-refractivity contribution is 0.0461. The predicted molar refractivity (Wildman–Crippen MR) is 108 cm³/mol. The van der Waals surface area contributed by atoms with Gasteiger partial charge in [-0.15, -0.1) is 11.3 Å². The van der Waals surface area contributed by atoms with Crippen molar-refractivity contribution in [2.24, 2.45) is 0 Å². The molecule has 0 bridgehead atoms. The maximum absolute atomic E-state index is 13.1. The first-order valence-electron chi connectivity index (χ1n) is 8.94. The Balaban J connectivity index is 1.56. The van der Waals surface area contributed by atoms with Gasteiger partial charge in [0.15, 0.2) is 5.69 Å². The summed E-state index contributed by atoms with van der Waals surface area (Å²) in [5.74, 6) is -0.938. The fourth-order valence-corrected chi connectivity index (χ4v) is 3.72. The van der Waals surface area contributed by atoms with Gasteiger partial charge in [0.05, 0.1) is 11.1 Å². The van der Waals surface area contributed by atoms with Crippen LogP contribution in [0.3, 0.4) is 0 Å². The van der Waals surface area contributed by atoms with Crippen LogP contribution in [0.5, 0.6) is 0 Å². The van der Waals surface area contributed by atoms with Gasteiger partial charge in [-0.1, -0.05) is 18.2 Å². The van der Waals surface area contributed by atoms with E-state index in [1.807, 2.05) is 0 Å². The van der Waals surface area contributed by atoms with E-state index in [9.17, 15) is 14.0 Å². The zero-order chi connectivity index (χ0) is 20.4. The Morgan fingerprint density at radius 3 is 2.59 bits per heavy atom. The maximum atomic E-state index is 13.1. The number of esters is 1. The van der Waals surface area contributed by atoms with Crippen LogP contribution in [0.1, 0.15) is 23.1 Å². The number of halogens is 1. The standard InChI is InChI=1S/C21H16FN3O3S/c1-2-25-20(26)17-6-4-3-5-16(17)18(24-25)21(27)28-11-15-12-29-19(23-15)13-7-9-14(22)10-8-13/h3-10,12H,2,11H2,1H3. The Morgan fingerprint density at radius 1 is 1.14 bits per heavy atom. The summed E-state index contributed by atoms with van der Waals surface area (Å²) >= 11 is 1.38. The number of fused-ring (bicyclic) bond motifs is 1. The Hall–Kier alpha value is -3.39. The molecule has 29 heavy (non-hydrogen) atoms. The second-order valence-corrected chi connectivity index (χ2v) is 7.10. The predicted octanol–water partition coefficient (Wildman–Crippen LogP) is 4.04. The average Bonchev–Trinajstić information content (AvgIpc) is 3.22. The van der Waals surface area contributed by atoms with E-state index >= 15 is 0 Å². The summed E-state index contributed by atoms with van der Waals surface area (Å²) in [6.45, 7) is 2.10. The normalized spacial score (nSPS) is 11.0. The molecule has 6 nitrogen and oxygen atoms in total. The molecule has 0 unspecified atom stereocenters. The van der Waals surface area contributed by atoms with Gasteiger partial charge in [-0.25, -0.2) is 18.9 Å². The lowest BCUT2D eigenvalue weighted by atomic mass is 10.1. The molecular weight excluding hydrogens is 393 g/mol. The molecule has 0 aliphatic heterocycles. The van der Waals surface area contributed by atoms with Crippen molar-refractivity contribution in [2.75, 3.05) is 0 Å². The third-order valence-electron chi connectivity index (χ3n) is 4.35. The maximum Gasteiger partial charge on any atom is 0.359 e. The second-order valence-electron chi connectivity index (χ2n) is 6.24. The van der Waals surface area contributed by atoms with E-state index in [2.05, 4.69) is 10.1 Å². The molecule has 0 fully saturated rings. The van der Waals surface area contributed by atoms with Crippen LogP contribution >= 0.6 is 11.3 Å². The number of ether oxygens (including phenoxy) is 1. The molecule has 0 aliphatic carbocycles. The molecule has 0 saturated heterocycles. The minimum atomic E-state index is -0.625. The lowest BCUT2D eigenvalue weighted by Gasteiger charge is -2.09. The van der Waals surface area contributed by atoms with E-state index in [0.29, 0.717) is 28.0 Å². The monoisotopic (exact) mass is 409 g/mol. The van der Waals surface area contributed by atoms with Crippen molar-refractivity contribution in [2.45, 2.75) is 20.1 Å². The van der Waals surface area contributed by atoms with Crippen molar-refractivity contribution in [3.8, 4) is 10.6 Å². The first-order chi connectivity index (χ1) is 14.1. The number of rotatable bonds is 5. The molecule has 0 aliphatic rings. The number of hydrogen-bond acceptors (Lipinski definition) is 6. The molecular formula is C21H16FN3O3S. The minimum Gasteiger partial charge on any atom is -0.454 e. The molecule has 4 rings (SSSR count). The number of benzene rings is 2. The van der Waals surface area contributed by atoms with Gasteiger partial charge in [0, 0.05) is 22.9 Å². The highest BCUT2D eigenvalue weighted by Crippen LogP contribution is 2.24. The van der Waals surface area contributed by atoms with Crippen molar-refractivity contribution >= 4 is 28.1 Å². The zero-order valence-corrected chi connectivity index (χ0v) is 16.3. The highest BCUT2D eigenvalue weighted by atomic mass is 32.1. The summed E-state index contributed by atoms with van der Waals surface area (Å²) < 4.78 is 19.7. The first-order valence-corrected chi connectivity index (χ1v) is 9.82. The van der Waals surface area contributed by atoms with Crippen molar-refractivity contribution in [3.63, 3.8) is 0 Å². The number of thiazole rings is 1. The molecule has 0 amide bonds. The van der Waals surface area contributed by atoms with Crippen molar-refractivity contribution in [3.05, 3.63) is 81.5 Å². The van der Waals surface area contributed by atoms with Crippen LogP contribution in [0, 0.1) is 5.82 Å². The summed E-state index contributed by atoms with van der Waals surface area (Å²) in [6, 6.07) is 12.9. The van der Waals surface area contributed by atoms with Gasteiger partial charge in [-0.2, -0.15) is 5.10 Å². The van der Waals surface area contributed by atoms with E-state index in [4.69, 9.17) is 4.74 Å². The Labute approximate surface area is 169 Å². The van der Waals surface area contributed by atoms with Gasteiger partial charge in [-0.3, -0.25) is 4.79 Å². The van der Waals surface area contributed by atoms with E-state index < -0.39 is 5.97 Å². The van der Waals surface area contributed by atoms with Gasteiger partial charge >= 0.3 is 5.97 Å². The number of hydrogen-bond donors (Lipinski definition) is 0. The highest BCUT2D eigenvalue weighted by Gasteiger charge is 2.18. The van der Waals surface area contributed by atoms with E-state index in [1.165, 1.54) is 28.2 Å². The molecule has 0 saturated carbocycles. The number of aryl methyl sites for hydroxylation is 1. The van der Waals surface area contributed by atoms with Crippen LogP contribution in [0.4, 0.5) is 4.39 Å². The van der Waals surface area contributed by atoms with Crippen LogP contribution in [-0.2, 0) is 17.9 Å². The summed E-state index contributed by atoms with van der Waals surface area (Å²) in [5.41, 5.74) is 1.21. The molecule has 0 N–H and O–H groups in total. The van der Waals surface area contributed by atoms with Crippen molar-refractivity contribution in [1.29, 1.82) is 0 Å². The van der Waals surface area contributed by atoms with E-state index in [0.717, 1.165) is 5.56 Å². The van der Waals surface area contributed by atoms with Gasteiger partial charge in [0.1, 0.15) is 17.4 Å². The fourth-order valence-electron chi connectivity index (χ4n) is 2.91. The minimum absolute atomic E-state index is 0.0300. The summed E-state index contributed by atoms with van der Waals surface area (Å²) in [6.07, 6.45) is 0. The van der Waals surface area contributed by atoms with Crippen LogP contribution in [0.25, 0.3) is 21.3 Å². The van der Waals surface area contributed by atoms with E-state index in [1.54, 1.807) is 48.7 Å². The Kier molecular flexibility index (Phi) is 5.18. The zero-order valence-electron chi connectivity index (χ0n) is 15.5. The first kappa shape index (κ1) is 18.9. The van der Waals surface area contributed by atoms with Crippen molar-refractivity contribution in [1.82, 2.24) is 14.8 Å². The third kappa shape index (κ3) is 3.79. The second kappa shape index (κ2) is 7.92. The summed E-state index contributed by atoms with van der Waals surface area (Å²) in [4.78, 5) is 29.5. The van der Waals surface area contributed by atoms with E-state index in [-0.39, 0.29) is 23.7 Å². The average molecular weight is 409 g/mol. The van der Waals surface area contributed by atoms with Crippen molar-refractivity contribution < 1.29 is 13.9 Å². The quantitative estimate of drug-likeness (QED) is 0.465. The Bertz CT molecular complexity index is 1250. The van der Waals surface area contributed by atoms with Gasteiger partial charge in [0.2, 0.25) is 0 Å². The third-order valence-corrected chi connectivity index (χ3v) is 5.29. The van der Waals surface area contributed by atoms with Crippen LogP contribution in [-0.4, -0.2) is 20.7 Å². The fraction of sp³-hybridized carbons (Fsp3) is 0.143. The number of nitrogens with zero attached hydrogens (tertiary/aromatic N) is 3. The smallest absolute Gasteiger partial charge is 0.359 e. The SMILES string of the molecule is CCn1nc(C(=O)OCc2csc(-c3ccc(F)cc3)n2)c2ccccc2c1=O. The highest BCUT2D eigenvalue weighted by molar-refractivity contribution is 7.13. The number of carbonyl (C=O) groups is 1. The number of aromatic nitrogens is 3. The molecule has 0 radical (unpaired) electrons. The number of carbonyl (C=O) groups excluding carboxylic acids is 1. The van der Waals surface area contributed by atoms with Crippen LogP contribution < -0.4 is 5.56 Å². The largest absolute Gasteiger partial charge is 0.454 e. The molecule has 8 heteroatoms. The molecule has 2 aromatic heterocycles. The topological polar surface area (TPSA) is 74.1 Å². The molecule has 146 valence electrons. The van der Waals surface area contributed by atoms with Crippen LogP contribution in [0.15, 0.2) is 58.7 Å². The van der Waals surface area contributed by atoms with Gasteiger partial charge < -0.3 is 4.74 Å². The lowest BCUT2D eigenvalue weighted by Crippen LogP contribution is -2.25. The molecule has 0 atom stereocenters. The molecule has 2 heterocycles. The Morgan fingerprint density at radius 2 is 1.86 bits per heavy atom. The van der Waals surface area contributed by atoms with Gasteiger partial charge in [0.25, 0.3) is 5.56 Å². The van der Waals surface area contributed by atoms with Crippen LogP contribution in [0.2, 0.25) is 0 Å².